The number of nitrogens with one attached hydrogen (secondary N) is 1. The third-order valence-corrected chi connectivity index (χ3v) is 5.15. The fourth-order valence-electron chi connectivity index (χ4n) is 3.77. The summed E-state index contributed by atoms with van der Waals surface area (Å²) in [5.41, 5.74) is 7.39. The van der Waals surface area contributed by atoms with Gasteiger partial charge in [0.2, 0.25) is 0 Å². The molecule has 110 valence electrons. The molecule has 1 N–H and O–H groups in total. The number of hydrogen-bond acceptors (Lipinski definition) is 1. The van der Waals surface area contributed by atoms with Gasteiger partial charge < -0.3 is 5.32 Å². The fourth-order valence-corrected chi connectivity index (χ4v) is 3.77. The summed E-state index contributed by atoms with van der Waals surface area (Å²) in [7, 11) is 2.10. The van der Waals surface area contributed by atoms with E-state index in [0.717, 1.165) is 0 Å². The Kier molecular flexibility index (Phi) is 4.12. The van der Waals surface area contributed by atoms with Crippen LogP contribution in [0.5, 0.6) is 0 Å². The lowest BCUT2D eigenvalue weighted by Crippen LogP contribution is -2.30. The van der Waals surface area contributed by atoms with E-state index in [1.165, 1.54) is 36.0 Å². The van der Waals surface area contributed by atoms with Gasteiger partial charge in [-0.1, -0.05) is 42.5 Å². The predicted molar refractivity (Wildman–Crippen MR) is 89.7 cm³/mol. The van der Waals surface area contributed by atoms with Crippen molar-refractivity contribution in [2.24, 2.45) is 5.92 Å². The summed E-state index contributed by atoms with van der Waals surface area (Å²) < 4.78 is 0. The average molecular weight is 279 g/mol. The first-order valence-electron chi connectivity index (χ1n) is 8.01. The van der Waals surface area contributed by atoms with Crippen molar-refractivity contribution in [3.05, 3.63) is 70.3 Å². The SMILES string of the molecule is CNC(c1cccc(C)c1C)C1CCc2ccccc2C1. The van der Waals surface area contributed by atoms with Gasteiger partial charge in [-0.15, -0.1) is 0 Å². The lowest BCUT2D eigenvalue weighted by Gasteiger charge is -2.33. The van der Waals surface area contributed by atoms with E-state index in [4.69, 9.17) is 0 Å². The summed E-state index contributed by atoms with van der Waals surface area (Å²) in [6, 6.07) is 16.1. The highest BCUT2D eigenvalue weighted by atomic mass is 14.9. The summed E-state index contributed by atoms with van der Waals surface area (Å²) >= 11 is 0. The molecule has 0 aliphatic heterocycles. The second-order valence-electron chi connectivity index (χ2n) is 6.33. The molecule has 2 atom stereocenters. The highest BCUT2D eigenvalue weighted by Crippen LogP contribution is 2.35. The van der Waals surface area contributed by atoms with E-state index in [1.54, 1.807) is 11.1 Å². The van der Waals surface area contributed by atoms with E-state index >= 15 is 0 Å². The average Bonchev–Trinajstić information content (AvgIpc) is 2.52. The van der Waals surface area contributed by atoms with Crippen LogP contribution in [0.3, 0.4) is 0 Å². The van der Waals surface area contributed by atoms with Gasteiger partial charge in [0.15, 0.2) is 0 Å². The fraction of sp³-hybridized carbons (Fsp3) is 0.400. The third-order valence-electron chi connectivity index (χ3n) is 5.15. The number of aryl methyl sites for hydroxylation is 2. The van der Waals surface area contributed by atoms with Crippen LogP contribution in [0.25, 0.3) is 0 Å². The Morgan fingerprint density at radius 3 is 2.52 bits per heavy atom. The molecule has 2 aromatic rings. The van der Waals surface area contributed by atoms with Crippen LogP contribution in [0.4, 0.5) is 0 Å². The van der Waals surface area contributed by atoms with Crippen molar-refractivity contribution in [2.45, 2.75) is 39.2 Å². The Morgan fingerprint density at radius 1 is 1.00 bits per heavy atom. The van der Waals surface area contributed by atoms with E-state index in [-0.39, 0.29) is 0 Å². The molecule has 0 aromatic heterocycles. The van der Waals surface area contributed by atoms with Gasteiger partial charge in [0.05, 0.1) is 0 Å². The van der Waals surface area contributed by atoms with E-state index in [0.29, 0.717) is 12.0 Å². The number of benzene rings is 2. The molecule has 0 amide bonds. The monoisotopic (exact) mass is 279 g/mol. The molecule has 1 heteroatoms. The smallest absolute Gasteiger partial charge is 0.0352 e. The lowest BCUT2D eigenvalue weighted by atomic mass is 9.77. The van der Waals surface area contributed by atoms with E-state index in [2.05, 4.69) is 68.7 Å². The first-order chi connectivity index (χ1) is 10.2. The molecule has 0 radical (unpaired) electrons. The normalized spacial score (nSPS) is 19.1. The largest absolute Gasteiger partial charge is 0.313 e. The molecule has 0 saturated carbocycles. The summed E-state index contributed by atoms with van der Waals surface area (Å²) in [5.74, 6) is 0.686. The number of rotatable bonds is 3. The molecule has 0 heterocycles. The van der Waals surface area contributed by atoms with Crippen molar-refractivity contribution in [3.8, 4) is 0 Å². The van der Waals surface area contributed by atoms with Gasteiger partial charge in [-0.3, -0.25) is 0 Å². The molecule has 0 fully saturated rings. The van der Waals surface area contributed by atoms with Crippen LogP contribution in [0.2, 0.25) is 0 Å². The van der Waals surface area contributed by atoms with Crippen LogP contribution in [0.15, 0.2) is 42.5 Å². The van der Waals surface area contributed by atoms with Gasteiger partial charge in [-0.05, 0) is 73.9 Å². The molecule has 0 saturated heterocycles. The molecular formula is C20H25N. The maximum Gasteiger partial charge on any atom is 0.0352 e. The van der Waals surface area contributed by atoms with Crippen molar-refractivity contribution >= 4 is 0 Å². The standard InChI is InChI=1S/C20H25N/c1-14-7-6-10-19(15(14)2)20(21-3)18-12-11-16-8-4-5-9-17(16)13-18/h4-10,18,20-21H,11-13H2,1-3H3. The molecule has 0 spiro atoms. The first-order valence-corrected chi connectivity index (χ1v) is 8.01. The zero-order chi connectivity index (χ0) is 14.8. The van der Waals surface area contributed by atoms with E-state index in [1.807, 2.05) is 0 Å². The van der Waals surface area contributed by atoms with Gasteiger partial charge in [-0.2, -0.15) is 0 Å². The second kappa shape index (κ2) is 6.03. The molecular weight excluding hydrogens is 254 g/mol. The molecule has 21 heavy (non-hydrogen) atoms. The molecule has 1 aliphatic carbocycles. The van der Waals surface area contributed by atoms with Crippen LogP contribution in [-0.2, 0) is 12.8 Å². The molecule has 0 bridgehead atoms. The topological polar surface area (TPSA) is 12.0 Å². The summed E-state index contributed by atoms with van der Waals surface area (Å²) in [5, 5.41) is 3.59. The molecule has 2 unspecified atom stereocenters. The van der Waals surface area contributed by atoms with Gasteiger partial charge in [-0.25, -0.2) is 0 Å². The van der Waals surface area contributed by atoms with Crippen LogP contribution in [0, 0.1) is 19.8 Å². The minimum absolute atomic E-state index is 0.457. The van der Waals surface area contributed by atoms with Crippen LogP contribution in [0.1, 0.15) is 40.3 Å². The summed E-state index contributed by atoms with van der Waals surface area (Å²) in [6.45, 7) is 4.47. The van der Waals surface area contributed by atoms with E-state index < -0.39 is 0 Å². The number of hydrogen-bond donors (Lipinski definition) is 1. The maximum atomic E-state index is 3.59. The van der Waals surface area contributed by atoms with Crippen molar-refractivity contribution in [1.29, 1.82) is 0 Å². The maximum absolute atomic E-state index is 3.59. The molecule has 2 aromatic carbocycles. The van der Waals surface area contributed by atoms with Crippen LogP contribution < -0.4 is 5.32 Å². The van der Waals surface area contributed by atoms with Gasteiger partial charge in [0.1, 0.15) is 0 Å². The lowest BCUT2D eigenvalue weighted by molar-refractivity contribution is 0.341. The Morgan fingerprint density at radius 2 is 1.76 bits per heavy atom. The van der Waals surface area contributed by atoms with Crippen molar-refractivity contribution in [2.75, 3.05) is 7.05 Å². The quantitative estimate of drug-likeness (QED) is 0.879. The van der Waals surface area contributed by atoms with Crippen LogP contribution >= 0.6 is 0 Å². The minimum Gasteiger partial charge on any atom is -0.313 e. The molecule has 1 aliphatic rings. The minimum atomic E-state index is 0.457. The molecule has 3 rings (SSSR count). The Labute approximate surface area is 128 Å². The summed E-state index contributed by atoms with van der Waals surface area (Å²) in [6.07, 6.45) is 3.68. The number of fused-ring (bicyclic) bond motifs is 1. The Balaban J connectivity index is 1.90. The van der Waals surface area contributed by atoms with Gasteiger partial charge >= 0.3 is 0 Å². The summed E-state index contributed by atoms with van der Waals surface area (Å²) in [4.78, 5) is 0. The second-order valence-corrected chi connectivity index (χ2v) is 6.33. The Hall–Kier alpha value is -1.60. The molecule has 1 nitrogen and oxygen atoms in total. The highest BCUT2D eigenvalue weighted by Gasteiger charge is 2.27. The van der Waals surface area contributed by atoms with Crippen molar-refractivity contribution in [1.82, 2.24) is 5.32 Å². The van der Waals surface area contributed by atoms with Gasteiger partial charge in [0.25, 0.3) is 0 Å². The van der Waals surface area contributed by atoms with Crippen molar-refractivity contribution in [3.63, 3.8) is 0 Å². The van der Waals surface area contributed by atoms with E-state index in [9.17, 15) is 0 Å². The highest BCUT2D eigenvalue weighted by molar-refractivity contribution is 5.37. The zero-order valence-electron chi connectivity index (χ0n) is 13.3. The Bertz CT molecular complexity index is 629. The van der Waals surface area contributed by atoms with Gasteiger partial charge in [0, 0.05) is 6.04 Å². The van der Waals surface area contributed by atoms with Crippen molar-refractivity contribution < 1.29 is 0 Å². The predicted octanol–water partition coefficient (Wildman–Crippen LogP) is 4.37. The zero-order valence-corrected chi connectivity index (χ0v) is 13.3. The van der Waals surface area contributed by atoms with Crippen LogP contribution in [-0.4, -0.2) is 7.05 Å². The third kappa shape index (κ3) is 2.75. The first kappa shape index (κ1) is 14.3.